The number of oxazole rings is 1. The SMILES string of the molecule is CCNC1CC2CCC(C1)N2Cc1nc(C)c(C)o1. The van der Waals surface area contributed by atoms with Gasteiger partial charge in [0.05, 0.1) is 12.2 Å². The molecule has 0 saturated carbocycles. The minimum atomic E-state index is 0.715. The Morgan fingerprint density at radius 2 is 1.95 bits per heavy atom. The zero-order valence-electron chi connectivity index (χ0n) is 12.3. The third-order valence-corrected chi connectivity index (χ3v) is 4.77. The monoisotopic (exact) mass is 263 g/mol. The fourth-order valence-electron chi connectivity index (χ4n) is 3.75. The van der Waals surface area contributed by atoms with E-state index in [1.54, 1.807) is 0 Å². The number of hydrogen-bond acceptors (Lipinski definition) is 4. The molecule has 2 bridgehead atoms. The fourth-order valence-corrected chi connectivity index (χ4v) is 3.75. The summed E-state index contributed by atoms with van der Waals surface area (Å²) in [5.41, 5.74) is 1.03. The highest BCUT2D eigenvalue weighted by molar-refractivity contribution is 5.06. The lowest BCUT2D eigenvalue weighted by molar-refractivity contribution is 0.0992. The number of rotatable bonds is 4. The summed E-state index contributed by atoms with van der Waals surface area (Å²) >= 11 is 0. The zero-order chi connectivity index (χ0) is 13.4. The van der Waals surface area contributed by atoms with Gasteiger partial charge in [0.25, 0.3) is 0 Å². The fraction of sp³-hybridized carbons (Fsp3) is 0.800. The van der Waals surface area contributed by atoms with Crippen molar-refractivity contribution in [3.63, 3.8) is 0 Å². The molecule has 2 atom stereocenters. The van der Waals surface area contributed by atoms with Gasteiger partial charge >= 0.3 is 0 Å². The topological polar surface area (TPSA) is 41.3 Å². The van der Waals surface area contributed by atoms with E-state index in [4.69, 9.17) is 4.42 Å². The first kappa shape index (κ1) is 13.1. The Morgan fingerprint density at radius 1 is 1.26 bits per heavy atom. The quantitative estimate of drug-likeness (QED) is 0.905. The molecule has 0 aliphatic carbocycles. The second kappa shape index (κ2) is 5.25. The van der Waals surface area contributed by atoms with Gasteiger partial charge in [-0.2, -0.15) is 0 Å². The number of piperidine rings is 1. The van der Waals surface area contributed by atoms with Crippen LogP contribution >= 0.6 is 0 Å². The highest BCUT2D eigenvalue weighted by Crippen LogP contribution is 2.36. The number of nitrogens with one attached hydrogen (secondary N) is 1. The Bertz CT molecular complexity index is 409. The van der Waals surface area contributed by atoms with Crippen molar-refractivity contribution < 1.29 is 4.42 Å². The van der Waals surface area contributed by atoms with Crippen molar-refractivity contribution in [2.45, 2.75) is 71.1 Å². The highest BCUT2D eigenvalue weighted by atomic mass is 16.4. The highest BCUT2D eigenvalue weighted by Gasteiger charge is 2.40. The lowest BCUT2D eigenvalue weighted by Crippen LogP contribution is -2.48. The maximum absolute atomic E-state index is 5.75. The van der Waals surface area contributed by atoms with Gasteiger partial charge in [-0.15, -0.1) is 0 Å². The van der Waals surface area contributed by atoms with Crippen LogP contribution in [0.15, 0.2) is 4.42 Å². The Hall–Kier alpha value is -0.870. The second-order valence-corrected chi connectivity index (χ2v) is 6.03. The van der Waals surface area contributed by atoms with E-state index in [0.717, 1.165) is 42.5 Å². The van der Waals surface area contributed by atoms with Gasteiger partial charge in [0.1, 0.15) is 5.76 Å². The van der Waals surface area contributed by atoms with Crippen molar-refractivity contribution in [3.8, 4) is 0 Å². The molecule has 0 spiro atoms. The molecule has 0 aromatic carbocycles. The number of aryl methyl sites for hydroxylation is 2. The average molecular weight is 263 g/mol. The van der Waals surface area contributed by atoms with E-state index in [9.17, 15) is 0 Å². The smallest absolute Gasteiger partial charge is 0.208 e. The van der Waals surface area contributed by atoms with Crippen LogP contribution < -0.4 is 5.32 Å². The molecular weight excluding hydrogens is 238 g/mol. The van der Waals surface area contributed by atoms with Crippen LogP contribution in [0.4, 0.5) is 0 Å². The predicted molar refractivity (Wildman–Crippen MR) is 75.0 cm³/mol. The molecule has 4 nitrogen and oxygen atoms in total. The first-order valence-electron chi connectivity index (χ1n) is 7.59. The first-order chi connectivity index (χ1) is 9.17. The van der Waals surface area contributed by atoms with Crippen LogP contribution in [0.2, 0.25) is 0 Å². The van der Waals surface area contributed by atoms with Gasteiger partial charge < -0.3 is 9.73 Å². The number of hydrogen-bond donors (Lipinski definition) is 1. The minimum absolute atomic E-state index is 0.715. The van der Waals surface area contributed by atoms with Crippen LogP contribution in [0, 0.1) is 13.8 Å². The molecule has 0 amide bonds. The van der Waals surface area contributed by atoms with E-state index in [0.29, 0.717) is 6.04 Å². The predicted octanol–water partition coefficient (Wildman–Crippen LogP) is 2.40. The van der Waals surface area contributed by atoms with E-state index in [1.807, 2.05) is 13.8 Å². The van der Waals surface area contributed by atoms with Gasteiger partial charge in [0, 0.05) is 18.1 Å². The molecule has 2 fully saturated rings. The van der Waals surface area contributed by atoms with Crippen molar-refractivity contribution in [2.24, 2.45) is 0 Å². The summed E-state index contributed by atoms with van der Waals surface area (Å²) in [5.74, 6) is 1.86. The third kappa shape index (κ3) is 2.56. The zero-order valence-corrected chi connectivity index (χ0v) is 12.3. The number of aromatic nitrogens is 1. The van der Waals surface area contributed by atoms with E-state index in [2.05, 4.69) is 22.1 Å². The van der Waals surface area contributed by atoms with Crippen molar-refractivity contribution in [1.82, 2.24) is 15.2 Å². The molecule has 3 rings (SSSR count). The molecule has 0 radical (unpaired) electrons. The molecule has 1 aromatic heterocycles. The van der Waals surface area contributed by atoms with Gasteiger partial charge in [-0.1, -0.05) is 6.92 Å². The van der Waals surface area contributed by atoms with Crippen molar-refractivity contribution in [1.29, 1.82) is 0 Å². The molecule has 2 unspecified atom stereocenters. The molecule has 3 heterocycles. The van der Waals surface area contributed by atoms with Gasteiger partial charge in [-0.05, 0) is 46.1 Å². The number of nitrogens with zero attached hydrogens (tertiary/aromatic N) is 2. The summed E-state index contributed by atoms with van der Waals surface area (Å²) in [6.45, 7) is 8.20. The third-order valence-electron chi connectivity index (χ3n) is 4.77. The average Bonchev–Trinajstić information content (AvgIpc) is 2.80. The molecule has 4 heteroatoms. The molecule has 1 N–H and O–H groups in total. The second-order valence-electron chi connectivity index (χ2n) is 6.03. The number of fused-ring (bicyclic) bond motifs is 2. The summed E-state index contributed by atoms with van der Waals surface area (Å²) in [6.07, 6.45) is 5.24. The largest absolute Gasteiger partial charge is 0.444 e. The summed E-state index contributed by atoms with van der Waals surface area (Å²) < 4.78 is 5.75. The standard InChI is InChI=1S/C15H25N3O/c1-4-16-12-7-13-5-6-14(8-12)18(13)9-15-17-10(2)11(3)19-15/h12-14,16H,4-9H2,1-3H3. The normalized spacial score (nSPS) is 31.0. The molecular formula is C15H25N3O. The lowest BCUT2D eigenvalue weighted by atomic mass is 9.97. The minimum Gasteiger partial charge on any atom is -0.444 e. The maximum atomic E-state index is 5.75. The van der Waals surface area contributed by atoms with Gasteiger partial charge in [-0.3, -0.25) is 4.90 Å². The molecule has 1 aromatic rings. The summed E-state index contributed by atoms with van der Waals surface area (Å²) in [5, 5.41) is 3.62. The van der Waals surface area contributed by atoms with E-state index in [1.165, 1.54) is 25.7 Å². The summed E-state index contributed by atoms with van der Waals surface area (Å²) in [7, 11) is 0. The van der Waals surface area contributed by atoms with Crippen molar-refractivity contribution in [2.75, 3.05) is 6.54 Å². The van der Waals surface area contributed by atoms with Crippen molar-refractivity contribution >= 4 is 0 Å². The Balaban J connectivity index is 1.67. The Kier molecular flexibility index (Phi) is 3.63. The molecule has 2 saturated heterocycles. The van der Waals surface area contributed by atoms with Crippen LogP contribution in [0.1, 0.15) is 50.0 Å². The van der Waals surface area contributed by atoms with E-state index < -0.39 is 0 Å². The lowest BCUT2D eigenvalue weighted by Gasteiger charge is -2.38. The van der Waals surface area contributed by atoms with Crippen LogP contribution in [0.25, 0.3) is 0 Å². The first-order valence-corrected chi connectivity index (χ1v) is 7.59. The van der Waals surface area contributed by atoms with Crippen LogP contribution in [-0.4, -0.2) is 34.6 Å². The molecule has 2 aliphatic heterocycles. The molecule has 106 valence electrons. The van der Waals surface area contributed by atoms with Crippen LogP contribution in [0.5, 0.6) is 0 Å². The molecule has 2 aliphatic rings. The van der Waals surface area contributed by atoms with E-state index >= 15 is 0 Å². The van der Waals surface area contributed by atoms with Crippen molar-refractivity contribution in [3.05, 3.63) is 17.3 Å². The Labute approximate surface area is 115 Å². The Morgan fingerprint density at radius 3 is 2.47 bits per heavy atom. The van der Waals surface area contributed by atoms with Crippen LogP contribution in [-0.2, 0) is 6.54 Å². The van der Waals surface area contributed by atoms with E-state index in [-0.39, 0.29) is 0 Å². The van der Waals surface area contributed by atoms with Gasteiger partial charge in [0.15, 0.2) is 0 Å². The summed E-state index contributed by atoms with van der Waals surface area (Å²) in [4.78, 5) is 7.16. The summed E-state index contributed by atoms with van der Waals surface area (Å²) in [6, 6.07) is 2.15. The van der Waals surface area contributed by atoms with Gasteiger partial charge in [-0.25, -0.2) is 4.98 Å². The maximum Gasteiger partial charge on any atom is 0.208 e. The van der Waals surface area contributed by atoms with Crippen LogP contribution in [0.3, 0.4) is 0 Å². The molecule has 19 heavy (non-hydrogen) atoms. The van der Waals surface area contributed by atoms with Gasteiger partial charge in [0.2, 0.25) is 5.89 Å².